The van der Waals surface area contributed by atoms with E-state index in [1.165, 1.54) is 4.88 Å². The summed E-state index contributed by atoms with van der Waals surface area (Å²) in [6, 6.07) is 10.0. The van der Waals surface area contributed by atoms with Gasteiger partial charge in [-0.15, -0.1) is 11.3 Å². The number of aliphatic imine (C=N–C) groups is 1. The standard InChI is InChI=1S/C12H11BrN2S/c13-12-5-4-11(16-12)9-14-8-6-10-3-1-2-7-15-10/h1-5,7,9H,6,8H2. The Morgan fingerprint density at radius 3 is 2.94 bits per heavy atom. The maximum absolute atomic E-state index is 4.37. The lowest BCUT2D eigenvalue weighted by Crippen LogP contribution is -1.92. The maximum atomic E-state index is 4.37. The minimum Gasteiger partial charge on any atom is -0.291 e. The zero-order valence-corrected chi connectivity index (χ0v) is 11.0. The van der Waals surface area contributed by atoms with Crippen LogP contribution in [-0.2, 0) is 6.42 Å². The number of hydrogen-bond acceptors (Lipinski definition) is 3. The van der Waals surface area contributed by atoms with E-state index in [1.807, 2.05) is 36.7 Å². The first-order valence-corrected chi connectivity index (χ1v) is 6.60. The second kappa shape index (κ2) is 5.92. The van der Waals surface area contributed by atoms with E-state index in [-0.39, 0.29) is 0 Å². The minimum atomic E-state index is 0.784. The van der Waals surface area contributed by atoms with Crippen LogP contribution in [-0.4, -0.2) is 17.7 Å². The normalized spacial score (nSPS) is 11.1. The van der Waals surface area contributed by atoms with Crippen molar-refractivity contribution in [3.05, 3.63) is 50.9 Å². The fourth-order valence-electron chi connectivity index (χ4n) is 1.28. The molecule has 0 aliphatic heterocycles. The quantitative estimate of drug-likeness (QED) is 0.792. The first-order chi connectivity index (χ1) is 7.84. The van der Waals surface area contributed by atoms with Gasteiger partial charge >= 0.3 is 0 Å². The van der Waals surface area contributed by atoms with Crippen molar-refractivity contribution in [2.75, 3.05) is 6.54 Å². The Bertz CT molecular complexity index is 465. The molecular formula is C12H11BrN2S. The largest absolute Gasteiger partial charge is 0.291 e. The van der Waals surface area contributed by atoms with Crippen molar-refractivity contribution in [2.24, 2.45) is 4.99 Å². The number of hydrogen-bond donors (Lipinski definition) is 0. The van der Waals surface area contributed by atoms with E-state index in [0.717, 1.165) is 22.4 Å². The molecule has 0 spiro atoms. The Morgan fingerprint density at radius 2 is 2.25 bits per heavy atom. The molecular weight excluding hydrogens is 284 g/mol. The molecule has 0 fully saturated rings. The van der Waals surface area contributed by atoms with Crippen molar-refractivity contribution in [1.29, 1.82) is 0 Å². The van der Waals surface area contributed by atoms with E-state index >= 15 is 0 Å². The van der Waals surface area contributed by atoms with E-state index in [2.05, 4.69) is 32.0 Å². The number of nitrogens with zero attached hydrogens (tertiary/aromatic N) is 2. The van der Waals surface area contributed by atoms with Crippen molar-refractivity contribution in [1.82, 2.24) is 4.98 Å². The molecule has 0 unspecified atom stereocenters. The molecule has 0 aliphatic rings. The van der Waals surface area contributed by atoms with E-state index in [9.17, 15) is 0 Å². The average Bonchev–Trinajstić information content (AvgIpc) is 2.72. The summed E-state index contributed by atoms with van der Waals surface area (Å²) in [6.45, 7) is 0.784. The van der Waals surface area contributed by atoms with E-state index in [0.29, 0.717) is 0 Å². The lowest BCUT2D eigenvalue weighted by Gasteiger charge is -1.94. The molecule has 0 bridgehead atoms. The molecule has 4 heteroatoms. The third kappa shape index (κ3) is 3.54. The van der Waals surface area contributed by atoms with Crippen LogP contribution in [0.2, 0.25) is 0 Å². The number of thiophene rings is 1. The zero-order valence-electron chi connectivity index (χ0n) is 8.64. The van der Waals surface area contributed by atoms with E-state index < -0.39 is 0 Å². The van der Waals surface area contributed by atoms with Gasteiger partial charge in [-0.2, -0.15) is 0 Å². The molecule has 2 rings (SSSR count). The second-order valence-corrected chi connectivity index (χ2v) is 5.74. The van der Waals surface area contributed by atoms with Gasteiger partial charge in [0.2, 0.25) is 0 Å². The molecule has 0 saturated heterocycles. The summed E-state index contributed by atoms with van der Waals surface area (Å²) in [5, 5.41) is 0. The van der Waals surface area contributed by atoms with Crippen molar-refractivity contribution < 1.29 is 0 Å². The van der Waals surface area contributed by atoms with Gasteiger partial charge in [-0.25, -0.2) is 0 Å². The van der Waals surface area contributed by atoms with Crippen molar-refractivity contribution in [3.8, 4) is 0 Å². The second-order valence-electron chi connectivity index (χ2n) is 3.25. The summed E-state index contributed by atoms with van der Waals surface area (Å²) in [6.07, 6.45) is 4.62. The lowest BCUT2D eigenvalue weighted by molar-refractivity contribution is 0.927. The van der Waals surface area contributed by atoms with Gasteiger partial charge in [-0.05, 0) is 40.2 Å². The summed E-state index contributed by atoms with van der Waals surface area (Å²) in [7, 11) is 0. The van der Waals surface area contributed by atoms with Gasteiger partial charge < -0.3 is 0 Å². The lowest BCUT2D eigenvalue weighted by atomic mass is 10.3. The molecule has 0 N–H and O–H groups in total. The molecule has 2 aromatic rings. The number of aromatic nitrogens is 1. The van der Waals surface area contributed by atoms with Crippen LogP contribution < -0.4 is 0 Å². The van der Waals surface area contributed by atoms with E-state index in [1.54, 1.807) is 11.3 Å². The van der Waals surface area contributed by atoms with Crippen LogP contribution >= 0.6 is 27.3 Å². The Morgan fingerprint density at radius 1 is 1.31 bits per heavy atom. The van der Waals surface area contributed by atoms with Crippen LogP contribution in [0.4, 0.5) is 0 Å². The van der Waals surface area contributed by atoms with Gasteiger partial charge in [0.1, 0.15) is 0 Å². The monoisotopic (exact) mass is 294 g/mol. The predicted molar refractivity (Wildman–Crippen MR) is 72.4 cm³/mol. The van der Waals surface area contributed by atoms with Gasteiger partial charge in [0, 0.05) is 35.9 Å². The molecule has 0 aliphatic carbocycles. The van der Waals surface area contributed by atoms with Gasteiger partial charge in [-0.1, -0.05) is 6.07 Å². The Kier molecular flexibility index (Phi) is 4.25. The smallest absolute Gasteiger partial charge is 0.0705 e. The molecule has 0 amide bonds. The SMILES string of the molecule is Brc1ccc(C=NCCc2ccccn2)s1. The van der Waals surface area contributed by atoms with Gasteiger partial charge in [0.25, 0.3) is 0 Å². The molecule has 16 heavy (non-hydrogen) atoms. The fraction of sp³-hybridized carbons (Fsp3) is 0.167. The minimum absolute atomic E-state index is 0.784. The van der Waals surface area contributed by atoms with Crippen LogP contribution in [0.1, 0.15) is 10.6 Å². The maximum Gasteiger partial charge on any atom is 0.0705 e. The summed E-state index contributed by atoms with van der Waals surface area (Å²) in [5.74, 6) is 0. The summed E-state index contributed by atoms with van der Waals surface area (Å²) in [4.78, 5) is 9.80. The third-order valence-electron chi connectivity index (χ3n) is 2.04. The molecule has 2 heterocycles. The van der Waals surface area contributed by atoms with Gasteiger partial charge in [-0.3, -0.25) is 9.98 Å². The van der Waals surface area contributed by atoms with Crippen LogP contribution in [0.15, 0.2) is 45.3 Å². The van der Waals surface area contributed by atoms with E-state index in [4.69, 9.17) is 0 Å². The molecule has 0 aromatic carbocycles. The molecule has 0 saturated carbocycles. The average molecular weight is 295 g/mol. The molecule has 2 nitrogen and oxygen atoms in total. The molecule has 0 atom stereocenters. The summed E-state index contributed by atoms with van der Waals surface area (Å²) in [5.41, 5.74) is 1.09. The highest BCUT2D eigenvalue weighted by atomic mass is 79.9. The van der Waals surface area contributed by atoms with Crippen molar-refractivity contribution >= 4 is 33.5 Å². The first-order valence-electron chi connectivity index (χ1n) is 5.00. The Labute approximate surface area is 107 Å². The molecule has 0 radical (unpaired) electrons. The zero-order chi connectivity index (χ0) is 11.2. The molecule has 82 valence electrons. The highest BCUT2D eigenvalue weighted by molar-refractivity contribution is 9.11. The number of halogens is 1. The highest BCUT2D eigenvalue weighted by Gasteiger charge is 1.93. The molecule has 2 aromatic heterocycles. The Balaban J connectivity index is 1.82. The summed E-state index contributed by atoms with van der Waals surface area (Å²) >= 11 is 5.11. The van der Waals surface area contributed by atoms with Gasteiger partial charge in [0.05, 0.1) is 3.79 Å². The Hall–Kier alpha value is -1.00. The van der Waals surface area contributed by atoms with Crippen LogP contribution in [0.3, 0.4) is 0 Å². The van der Waals surface area contributed by atoms with Crippen LogP contribution in [0.25, 0.3) is 0 Å². The highest BCUT2D eigenvalue weighted by Crippen LogP contribution is 2.20. The van der Waals surface area contributed by atoms with Crippen LogP contribution in [0.5, 0.6) is 0 Å². The van der Waals surface area contributed by atoms with Gasteiger partial charge in [0.15, 0.2) is 0 Å². The summed E-state index contributed by atoms with van der Waals surface area (Å²) < 4.78 is 1.14. The third-order valence-corrected chi connectivity index (χ3v) is 3.59. The number of rotatable bonds is 4. The fourth-order valence-corrected chi connectivity index (χ4v) is 2.59. The van der Waals surface area contributed by atoms with Crippen LogP contribution in [0, 0.1) is 0 Å². The topological polar surface area (TPSA) is 25.2 Å². The van der Waals surface area contributed by atoms with Crippen molar-refractivity contribution in [3.63, 3.8) is 0 Å². The van der Waals surface area contributed by atoms with Crippen molar-refractivity contribution in [2.45, 2.75) is 6.42 Å². The number of pyridine rings is 1. The predicted octanol–water partition coefficient (Wildman–Crippen LogP) is 3.57. The first kappa shape index (κ1) is 11.5.